The highest BCUT2D eigenvalue weighted by atomic mass is 16.1. The van der Waals surface area contributed by atoms with Crippen LogP contribution in [0.2, 0.25) is 0 Å². The lowest BCUT2D eigenvalue weighted by molar-refractivity contribution is 0.0936. The zero-order chi connectivity index (χ0) is 13.9. The van der Waals surface area contributed by atoms with Crippen molar-refractivity contribution in [3.8, 4) is 0 Å². The Morgan fingerprint density at radius 3 is 3.05 bits per heavy atom. The van der Waals surface area contributed by atoms with E-state index in [9.17, 15) is 4.79 Å². The second-order valence-corrected chi connectivity index (χ2v) is 5.47. The number of nitrogens with zero attached hydrogens (tertiary/aromatic N) is 2. The molecule has 0 bridgehead atoms. The number of imidazole rings is 1. The molecule has 104 valence electrons. The number of amides is 1. The first-order chi connectivity index (χ1) is 9.72. The summed E-state index contributed by atoms with van der Waals surface area (Å²) in [6.45, 7) is 2.74. The molecule has 1 heterocycles. The van der Waals surface area contributed by atoms with E-state index in [0.717, 1.165) is 24.9 Å². The Morgan fingerprint density at radius 2 is 2.25 bits per heavy atom. The Labute approximate surface area is 118 Å². The SMILES string of the molecule is C[C@@H](Cn1ccnc1)NC(=O)c1ccc2c(c1)CCC2. The van der Waals surface area contributed by atoms with Crippen LogP contribution in [0.1, 0.15) is 34.8 Å². The van der Waals surface area contributed by atoms with Crippen molar-refractivity contribution in [2.45, 2.75) is 38.8 Å². The Balaban J connectivity index is 1.64. The van der Waals surface area contributed by atoms with Gasteiger partial charge in [0.25, 0.3) is 5.91 Å². The number of fused-ring (bicyclic) bond motifs is 1. The van der Waals surface area contributed by atoms with Gasteiger partial charge in [-0.1, -0.05) is 6.07 Å². The maximum Gasteiger partial charge on any atom is 0.251 e. The van der Waals surface area contributed by atoms with E-state index in [1.807, 2.05) is 29.8 Å². The predicted molar refractivity (Wildman–Crippen MR) is 77.6 cm³/mol. The van der Waals surface area contributed by atoms with E-state index in [0.29, 0.717) is 0 Å². The molecule has 20 heavy (non-hydrogen) atoms. The first-order valence-corrected chi connectivity index (χ1v) is 7.11. The summed E-state index contributed by atoms with van der Waals surface area (Å²) in [6, 6.07) is 6.15. The normalized spacial score (nSPS) is 14.8. The molecule has 0 spiro atoms. The second-order valence-electron chi connectivity index (χ2n) is 5.47. The number of aromatic nitrogens is 2. The molecule has 0 aliphatic heterocycles. The molecule has 1 atom stereocenters. The van der Waals surface area contributed by atoms with E-state index in [2.05, 4.69) is 16.4 Å². The van der Waals surface area contributed by atoms with E-state index in [1.165, 1.54) is 17.5 Å². The van der Waals surface area contributed by atoms with Crippen LogP contribution >= 0.6 is 0 Å². The van der Waals surface area contributed by atoms with Crippen molar-refractivity contribution in [2.75, 3.05) is 0 Å². The number of carbonyl (C=O) groups is 1. The molecule has 1 amide bonds. The molecule has 4 heteroatoms. The van der Waals surface area contributed by atoms with Gasteiger partial charge in [-0.05, 0) is 49.4 Å². The largest absolute Gasteiger partial charge is 0.348 e. The van der Waals surface area contributed by atoms with Crippen molar-refractivity contribution in [2.24, 2.45) is 0 Å². The van der Waals surface area contributed by atoms with Crippen LogP contribution in [0.4, 0.5) is 0 Å². The Kier molecular flexibility index (Phi) is 3.54. The summed E-state index contributed by atoms with van der Waals surface area (Å²) in [5.41, 5.74) is 3.50. The molecular formula is C16H19N3O. The van der Waals surface area contributed by atoms with E-state index < -0.39 is 0 Å². The Morgan fingerprint density at radius 1 is 1.40 bits per heavy atom. The molecule has 3 rings (SSSR count). The lowest BCUT2D eigenvalue weighted by Crippen LogP contribution is -2.35. The second kappa shape index (κ2) is 5.49. The molecule has 4 nitrogen and oxygen atoms in total. The third-order valence-corrected chi connectivity index (χ3v) is 3.78. The van der Waals surface area contributed by atoms with Crippen molar-refractivity contribution >= 4 is 5.91 Å². The Bertz CT molecular complexity index is 604. The van der Waals surface area contributed by atoms with Gasteiger partial charge >= 0.3 is 0 Å². The third-order valence-electron chi connectivity index (χ3n) is 3.78. The van der Waals surface area contributed by atoms with Crippen molar-refractivity contribution in [3.05, 3.63) is 53.6 Å². The van der Waals surface area contributed by atoms with Gasteiger partial charge in [-0.2, -0.15) is 0 Å². The summed E-state index contributed by atoms with van der Waals surface area (Å²) in [4.78, 5) is 16.2. The maximum absolute atomic E-state index is 12.2. The quantitative estimate of drug-likeness (QED) is 0.925. The smallest absolute Gasteiger partial charge is 0.251 e. The summed E-state index contributed by atoms with van der Waals surface area (Å²) < 4.78 is 1.97. The van der Waals surface area contributed by atoms with Crippen molar-refractivity contribution in [1.82, 2.24) is 14.9 Å². The molecule has 1 N–H and O–H groups in total. The van der Waals surface area contributed by atoms with Crippen LogP contribution in [0.5, 0.6) is 0 Å². The molecule has 1 aliphatic rings. The van der Waals surface area contributed by atoms with E-state index in [1.54, 1.807) is 12.5 Å². The third kappa shape index (κ3) is 2.74. The first kappa shape index (κ1) is 12.9. The molecular weight excluding hydrogens is 250 g/mol. The number of hydrogen-bond donors (Lipinski definition) is 1. The average molecular weight is 269 g/mol. The fourth-order valence-electron chi connectivity index (χ4n) is 2.78. The standard InChI is InChI=1S/C16H19N3O/c1-12(10-19-8-7-17-11-19)18-16(20)15-6-5-13-3-2-4-14(13)9-15/h5-9,11-12H,2-4,10H2,1H3,(H,18,20)/t12-/m0/s1. The van der Waals surface area contributed by atoms with Crippen molar-refractivity contribution in [3.63, 3.8) is 0 Å². The van der Waals surface area contributed by atoms with Crippen molar-refractivity contribution in [1.29, 1.82) is 0 Å². The van der Waals surface area contributed by atoms with Gasteiger partial charge in [0.05, 0.1) is 6.33 Å². The molecule has 1 aromatic heterocycles. The van der Waals surface area contributed by atoms with Gasteiger partial charge in [-0.15, -0.1) is 0 Å². The summed E-state index contributed by atoms with van der Waals surface area (Å²) in [7, 11) is 0. The first-order valence-electron chi connectivity index (χ1n) is 7.11. The molecule has 1 aromatic carbocycles. The monoisotopic (exact) mass is 269 g/mol. The maximum atomic E-state index is 12.2. The summed E-state index contributed by atoms with van der Waals surface area (Å²) in [5, 5.41) is 3.04. The summed E-state index contributed by atoms with van der Waals surface area (Å²) in [6.07, 6.45) is 8.86. The highest BCUT2D eigenvalue weighted by Crippen LogP contribution is 2.22. The summed E-state index contributed by atoms with van der Waals surface area (Å²) in [5.74, 6) is 0.00677. The lowest BCUT2D eigenvalue weighted by Gasteiger charge is -2.15. The van der Waals surface area contributed by atoms with Crippen LogP contribution in [0.25, 0.3) is 0 Å². The fourth-order valence-corrected chi connectivity index (χ4v) is 2.78. The average Bonchev–Trinajstić information content (AvgIpc) is 3.07. The fraction of sp³-hybridized carbons (Fsp3) is 0.375. The van der Waals surface area contributed by atoms with E-state index >= 15 is 0 Å². The van der Waals surface area contributed by atoms with Gasteiger partial charge in [0.2, 0.25) is 0 Å². The van der Waals surface area contributed by atoms with Gasteiger partial charge in [0.15, 0.2) is 0 Å². The summed E-state index contributed by atoms with van der Waals surface area (Å²) >= 11 is 0. The molecule has 0 radical (unpaired) electrons. The molecule has 0 saturated carbocycles. The van der Waals surface area contributed by atoms with E-state index in [4.69, 9.17) is 0 Å². The van der Waals surface area contributed by atoms with Crippen LogP contribution in [-0.2, 0) is 19.4 Å². The minimum absolute atomic E-state index is 0.00677. The number of benzene rings is 1. The topological polar surface area (TPSA) is 46.9 Å². The van der Waals surface area contributed by atoms with Gasteiger partial charge < -0.3 is 9.88 Å². The van der Waals surface area contributed by atoms with Crippen LogP contribution < -0.4 is 5.32 Å². The molecule has 2 aromatic rings. The molecule has 0 unspecified atom stereocenters. The highest BCUT2D eigenvalue weighted by molar-refractivity contribution is 5.94. The minimum Gasteiger partial charge on any atom is -0.348 e. The van der Waals surface area contributed by atoms with Crippen LogP contribution in [0.3, 0.4) is 0 Å². The van der Waals surface area contributed by atoms with E-state index in [-0.39, 0.29) is 11.9 Å². The zero-order valence-electron chi connectivity index (χ0n) is 11.7. The number of carbonyl (C=O) groups excluding carboxylic acids is 1. The van der Waals surface area contributed by atoms with Gasteiger partial charge in [0, 0.05) is 30.5 Å². The number of nitrogens with one attached hydrogen (secondary N) is 1. The van der Waals surface area contributed by atoms with Gasteiger partial charge in [-0.3, -0.25) is 4.79 Å². The Hall–Kier alpha value is -2.10. The van der Waals surface area contributed by atoms with Gasteiger partial charge in [-0.25, -0.2) is 4.98 Å². The molecule has 0 fully saturated rings. The lowest BCUT2D eigenvalue weighted by atomic mass is 10.1. The van der Waals surface area contributed by atoms with Crippen LogP contribution in [-0.4, -0.2) is 21.5 Å². The number of rotatable bonds is 4. The number of hydrogen-bond acceptors (Lipinski definition) is 2. The predicted octanol–water partition coefficient (Wildman–Crippen LogP) is 2.19. The van der Waals surface area contributed by atoms with Gasteiger partial charge in [0.1, 0.15) is 0 Å². The zero-order valence-corrected chi connectivity index (χ0v) is 11.7. The number of aryl methyl sites for hydroxylation is 2. The van der Waals surface area contributed by atoms with Crippen LogP contribution in [0, 0.1) is 0 Å². The highest BCUT2D eigenvalue weighted by Gasteiger charge is 2.15. The van der Waals surface area contributed by atoms with Crippen molar-refractivity contribution < 1.29 is 4.79 Å². The minimum atomic E-state index is 0.00677. The van der Waals surface area contributed by atoms with Crippen LogP contribution in [0.15, 0.2) is 36.9 Å². The molecule has 1 aliphatic carbocycles. The molecule has 0 saturated heterocycles.